The largest absolute Gasteiger partial charge is 0.370 e. The third kappa shape index (κ3) is 3.20. The molecule has 4 heteroatoms. The molecule has 0 fully saturated rings. The van der Waals surface area contributed by atoms with Gasteiger partial charge in [-0.25, -0.2) is 9.37 Å². The number of pyridine rings is 1. The van der Waals surface area contributed by atoms with Gasteiger partial charge in [0.2, 0.25) is 0 Å². The zero-order valence-corrected chi connectivity index (χ0v) is 10.5. The minimum Gasteiger partial charge on any atom is -0.370 e. The second-order valence-corrected chi connectivity index (χ2v) is 4.10. The van der Waals surface area contributed by atoms with Crippen molar-refractivity contribution in [2.24, 2.45) is 0 Å². The van der Waals surface area contributed by atoms with E-state index in [1.54, 1.807) is 6.20 Å². The summed E-state index contributed by atoms with van der Waals surface area (Å²) >= 11 is 0. The Kier molecular flexibility index (Phi) is 3.77. The van der Waals surface area contributed by atoms with Crippen molar-refractivity contribution >= 4 is 17.2 Å². The fourth-order valence-corrected chi connectivity index (χ4v) is 1.76. The summed E-state index contributed by atoms with van der Waals surface area (Å²) in [4.78, 5) is 4.18. The Labute approximate surface area is 106 Å². The van der Waals surface area contributed by atoms with Crippen molar-refractivity contribution in [2.75, 3.05) is 17.2 Å². The molecule has 0 atom stereocenters. The number of hydrogen-bond acceptors (Lipinski definition) is 3. The predicted molar refractivity (Wildman–Crippen MR) is 72.8 cm³/mol. The van der Waals surface area contributed by atoms with Gasteiger partial charge in [0.1, 0.15) is 11.6 Å². The molecule has 18 heavy (non-hydrogen) atoms. The smallest absolute Gasteiger partial charge is 0.127 e. The van der Waals surface area contributed by atoms with E-state index in [4.69, 9.17) is 0 Å². The normalized spacial score (nSPS) is 10.2. The van der Waals surface area contributed by atoms with Crippen LogP contribution in [0, 0.1) is 12.7 Å². The third-order valence-electron chi connectivity index (χ3n) is 2.45. The number of halogens is 1. The summed E-state index contributed by atoms with van der Waals surface area (Å²) < 4.78 is 13.3. The molecule has 0 aliphatic carbocycles. The van der Waals surface area contributed by atoms with Gasteiger partial charge in [-0.3, -0.25) is 0 Å². The molecule has 1 aromatic heterocycles. The van der Waals surface area contributed by atoms with Crippen LogP contribution in [0.1, 0.15) is 12.5 Å². The van der Waals surface area contributed by atoms with E-state index >= 15 is 0 Å². The molecule has 0 aliphatic rings. The molecule has 1 heterocycles. The fraction of sp³-hybridized carbons (Fsp3) is 0.214. The highest BCUT2D eigenvalue weighted by molar-refractivity contribution is 5.63. The molecule has 3 nitrogen and oxygen atoms in total. The molecular weight excluding hydrogens is 229 g/mol. The van der Waals surface area contributed by atoms with Crippen LogP contribution in [-0.4, -0.2) is 11.5 Å². The van der Waals surface area contributed by atoms with Gasteiger partial charge in [0, 0.05) is 30.2 Å². The van der Waals surface area contributed by atoms with Gasteiger partial charge in [-0.05, 0) is 43.7 Å². The van der Waals surface area contributed by atoms with Gasteiger partial charge in [0.25, 0.3) is 0 Å². The summed E-state index contributed by atoms with van der Waals surface area (Å²) in [6.07, 6.45) is 1.71. The third-order valence-corrected chi connectivity index (χ3v) is 2.45. The zero-order chi connectivity index (χ0) is 13.0. The summed E-state index contributed by atoms with van der Waals surface area (Å²) in [5.74, 6) is 0.564. The van der Waals surface area contributed by atoms with Crippen LogP contribution in [0.15, 0.2) is 36.5 Å². The summed E-state index contributed by atoms with van der Waals surface area (Å²) in [6.45, 7) is 4.69. The molecule has 2 aromatic rings. The summed E-state index contributed by atoms with van der Waals surface area (Å²) in [5, 5.41) is 6.30. The molecule has 94 valence electrons. The van der Waals surface area contributed by atoms with Gasteiger partial charge in [-0.1, -0.05) is 0 Å². The monoisotopic (exact) mass is 245 g/mol. The maximum absolute atomic E-state index is 13.3. The number of hydrogen-bond donors (Lipinski definition) is 2. The first-order chi connectivity index (χ1) is 8.67. The highest BCUT2D eigenvalue weighted by atomic mass is 19.1. The Morgan fingerprint density at radius 3 is 2.72 bits per heavy atom. The van der Waals surface area contributed by atoms with Crippen LogP contribution in [0.5, 0.6) is 0 Å². The van der Waals surface area contributed by atoms with Crippen molar-refractivity contribution in [3.63, 3.8) is 0 Å². The molecular formula is C14H16FN3. The van der Waals surface area contributed by atoms with E-state index in [0.29, 0.717) is 0 Å². The Bertz CT molecular complexity index is 520. The van der Waals surface area contributed by atoms with Crippen LogP contribution in [0.25, 0.3) is 0 Å². The predicted octanol–water partition coefficient (Wildman–Crippen LogP) is 3.70. The van der Waals surface area contributed by atoms with Gasteiger partial charge >= 0.3 is 0 Å². The summed E-state index contributed by atoms with van der Waals surface area (Å²) in [7, 11) is 0. The van der Waals surface area contributed by atoms with Crippen molar-refractivity contribution in [1.29, 1.82) is 0 Å². The van der Waals surface area contributed by atoms with Gasteiger partial charge in [-0.2, -0.15) is 0 Å². The average molecular weight is 245 g/mol. The second-order valence-electron chi connectivity index (χ2n) is 4.10. The molecule has 0 bridgehead atoms. The minimum atomic E-state index is -0.238. The first kappa shape index (κ1) is 12.4. The lowest BCUT2D eigenvalue weighted by Crippen LogP contribution is -2.00. The lowest BCUT2D eigenvalue weighted by Gasteiger charge is -2.09. The van der Waals surface area contributed by atoms with Crippen molar-refractivity contribution in [2.45, 2.75) is 13.8 Å². The van der Waals surface area contributed by atoms with Crippen molar-refractivity contribution < 1.29 is 4.39 Å². The van der Waals surface area contributed by atoms with Crippen LogP contribution < -0.4 is 10.6 Å². The standard InChI is InChI=1S/C14H16FN3/c1-3-16-14-9-12(4-5-17-14)18-13-7-10(2)6-11(15)8-13/h4-9H,3H2,1-2H3,(H2,16,17,18). The Morgan fingerprint density at radius 2 is 2.00 bits per heavy atom. The van der Waals surface area contributed by atoms with E-state index in [2.05, 4.69) is 15.6 Å². The fourth-order valence-electron chi connectivity index (χ4n) is 1.76. The topological polar surface area (TPSA) is 37.0 Å². The molecule has 2 N–H and O–H groups in total. The molecule has 0 saturated heterocycles. The van der Waals surface area contributed by atoms with E-state index in [1.165, 1.54) is 12.1 Å². The van der Waals surface area contributed by atoms with Gasteiger partial charge in [0.05, 0.1) is 0 Å². The van der Waals surface area contributed by atoms with E-state index < -0.39 is 0 Å². The Morgan fingerprint density at radius 1 is 1.17 bits per heavy atom. The van der Waals surface area contributed by atoms with Crippen LogP contribution in [0.4, 0.5) is 21.6 Å². The highest BCUT2D eigenvalue weighted by Gasteiger charge is 2.00. The van der Waals surface area contributed by atoms with Crippen LogP contribution in [0.3, 0.4) is 0 Å². The highest BCUT2D eigenvalue weighted by Crippen LogP contribution is 2.20. The minimum absolute atomic E-state index is 0.238. The molecule has 0 spiro atoms. The number of benzene rings is 1. The van der Waals surface area contributed by atoms with Crippen LogP contribution >= 0.6 is 0 Å². The summed E-state index contributed by atoms with van der Waals surface area (Å²) in [6, 6.07) is 8.61. The lowest BCUT2D eigenvalue weighted by atomic mass is 10.2. The second kappa shape index (κ2) is 5.49. The maximum Gasteiger partial charge on any atom is 0.127 e. The SMILES string of the molecule is CCNc1cc(Nc2cc(C)cc(F)c2)ccn1. The van der Waals surface area contributed by atoms with E-state index in [1.807, 2.05) is 32.0 Å². The van der Waals surface area contributed by atoms with E-state index in [0.717, 1.165) is 29.3 Å². The first-order valence-corrected chi connectivity index (χ1v) is 5.91. The molecule has 0 aliphatic heterocycles. The number of aromatic nitrogens is 1. The van der Waals surface area contributed by atoms with Gasteiger partial charge in [-0.15, -0.1) is 0 Å². The number of nitrogens with zero attached hydrogens (tertiary/aromatic N) is 1. The number of rotatable bonds is 4. The number of aryl methyl sites for hydroxylation is 1. The number of nitrogens with one attached hydrogen (secondary N) is 2. The van der Waals surface area contributed by atoms with Crippen molar-refractivity contribution in [1.82, 2.24) is 4.98 Å². The van der Waals surface area contributed by atoms with Crippen molar-refractivity contribution in [3.8, 4) is 0 Å². The van der Waals surface area contributed by atoms with Crippen LogP contribution in [0.2, 0.25) is 0 Å². The summed E-state index contributed by atoms with van der Waals surface area (Å²) in [5.41, 5.74) is 2.51. The molecule has 0 amide bonds. The Balaban J connectivity index is 2.20. The first-order valence-electron chi connectivity index (χ1n) is 5.91. The van der Waals surface area contributed by atoms with Crippen molar-refractivity contribution in [3.05, 3.63) is 47.9 Å². The van der Waals surface area contributed by atoms with E-state index in [-0.39, 0.29) is 5.82 Å². The molecule has 0 saturated carbocycles. The lowest BCUT2D eigenvalue weighted by molar-refractivity contribution is 0.627. The number of anilines is 3. The average Bonchev–Trinajstić information content (AvgIpc) is 2.28. The maximum atomic E-state index is 13.3. The van der Waals surface area contributed by atoms with Gasteiger partial charge < -0.3 is 10.6 Å². The van der Waals surface area contributed by atoms with E-state index in [9.17, 15) is 4.39 Å². The molecule has 0 unspecified atom stereocenters. The zero-order valence-electron chi connectivity index (χ0n) is 10.5. The molecule has 0 radical (unpaired) electrons. The van der Waals surface area contributed by atoms with Crippen LogP contribution in [-0.2, 0) is 0 Å². The molecule has 2 rings (SSSR count). The van der Waals surface area contributed by atoms with Gasteiger partial charge in [0.15, 0.2) is 0 Å². The quantitative estimate of drug-likeness (QED) is 0.862. The Hall–Kier alpha value is -2.10. The molecule has 1 aromatic carbocycles.